The first-order valence-electron chi connectivity index (χ1n) is 11.7. The molecule has 0 spiro atoms. The first kappa shape index (κ1) is 24.4. The van der Waals surface area contributed by atoms with Crippen LogP contribution in [0.2, 0.25) is 0 Å². The van der Waals surface area contributed by atoms with Crippen molar-refractivity contribution >= 4 is 29.5 Å². The van der Waals surface area contributed by atoms with E-state index in [1.807, 2.05) is 33.1 Å². The highest BCUT2D eigenvalue weighted by Crippen LogP contribution is 2.32. The maximum Gasteiger partial charge on any atom is 0.0804 e. The summed E-state index contributed by atoms with van der Waals surface area (Å²) >= 11 is 1.59. The molecule has 0 aromatic heterocycles. The Morgan fingerprint density at radius 2 is 1.94 bits per heavy atom. The molecule has 0 amide bonds. The fraction of sp³-hybridized carbons (Fsp3) is 0.444. The van der Waals surface area contributed by atoms with E-state index < -0.39 is 0 Å². The number of aryl methyl sites for hydroxylation is 1. The molecule has 1 heterocycles. The Hall–Kier alpha value is -2.24. The largest absolute Gasteiger partial charge is 0.369 e. The summed E-state index contributed by atoms with van der Waals surface area (Å²) in [6.07, 6.45) is 8.62. The normalized spacial score (nSPS) is 18.6. The van der Waals surface area contributed by atoms with E-state index in [9.17, 15) is 0 Å². The molecule has 0 atom stereocenters. The molecule has 1 aliphatic heterocycles. The summed E-state index contributed by atoms with van der Waals surface area (Å²) in [5.41, 5.74) is 6.67. The summed E-state index contributed by atoms with van der Waals surface area (Å²) in [6, 6.07) is 6.58. The molecule has 5 heteroatoms. The van der Waals surface area contributed by atoms with Gasteiger partial charge in [-0.3, -0.25) is 9.89 Å². The van der Waals surface area contributed by atoms with Crippen LogP contribution < -0.4 is 4.72 Å². The predicted octanol–water partition coefficient (Wildman–Crippen LogP) is 6.51. The molecular weight excluding hydrogens is 412 g/mol. The van der Waals surface area contributed by atoms with Gasteiger partial charge in [0.25, 0.3) is 0 Å². The molecule has 3 rings (SSSR count). The van der Waals surface area contributed by atoms with Gasteiger partial charge in [-0.2, -0.15) is 0 Å². The second-order valence-corrected chi connectivity index (χ2v) is 9.54. The topological polar surface area (TPSA) is 30.9 Å². The molecule has 4 nitrogen and oxygen atoms in total. The van der Waals surface area contributed by atoms with Gasteiger partial charge in [0.2, 0.25) is 0 Å². The molecule has 0 bridgehead atoms. The number of anilines is 1. The zero-order chi connectivity index (χ0) is 23.1. The number of allylic oxidation sites excluding steroid dienone is 3. The quantitative estimate of drug-likeness (QED) is 0.250. The van der Waals surface area contributed by atoms with Crippen molar-refractivity contribution in [2.75, 3.05) is 37.4 Å². The maximum atomic E-state index is 4.55. The number of nitrogens with one attached hydrogen (secondary N) is 1. The average Bonchev–Trinajstić information content (AvgIpc) is 3.63. The first-order chi connectivity index (χ1) is 15.5. The highest BCUT2D eigenvalue weighted by atomic mass is 32.2. The van der Waals surface area contributed by atoms with Crippen LogP contribution in [0.4, 0.5) is 5.69 Å². The van der Waals surface area contributed by atoms with Crippen LogP contribution in [-0.4, -0.2) is 48.7 Å². The summed E-state index contributed by atoms with van der Waals surface area (Å²) in [5, 5.41) is 0. The lowest BCUT2D eigenvalue weighted by atomic mass is 10.1. The van der Waals surface area contributed by atoms with Crippen molar-refractivity contribution in [3.63, 3.8) is 0 Å². The standard InChI is InChI=1S/C27H38N4S/c1-7-20(4)27(28-9-3)26(8-2)32-29-25-13-12-24(18-21(25)5)22(6)31-16-14-30(15-17-31)19-23-10-11-23/h7-9,12-13,18,23,29H,1,6,10-11,14-17,19H2,2-5H3/b26-8+,27-20+,28-9?. The van der Waals surface area contributed by atoms with Gasteiger partial charge in [-0.1, -0.05) is 31.4 Å². The Balaban J connectivity index is 1.61. The molecule has 2 aliphatic rings. The van der Waals surface area contributed by atoms with Crippen LogP contribution in [0.15, 0.2) is 64.7 Å². The van der Waals surface area contributed by atoms with Crippen molar-refractivity contribution < 1.29 is 0 Å². The molecular formula is C27H38N4S. The molecule has 1 aromatic rings. The minimum absolute atomic E-state index is 0.950. The van der Waals surface area contributed by atoms with Gasteiger partial charge in [0.1, 0.15) is 0 Å². The highest BCUT2D eigenvalue weighted by molar-refractivity contribution is 8.04. The van der Waals surface area contributed by atoms with Crippen molar-refractivity contribution in [1.82, 2.24) is 9.80 Å². The molecule has 1 aromatic carbocycles. The minimum Gasteiger partial charge on any atom is -0.369 e. The molecule has 0 radical (unpaired) electrons. The molecule has 172 valence electrons. The molecule has 0 unspecified atom stereocenters. The van der Waals surface area contributed by atoms with E-state index >= 15 is 0 Å². The number of aliphatic imine (C=N–C) groups is 1. The van der Waals surface area contributed by atoms with Crippen LogP contribution in [0.25, 0.3) is 5.70 Å². The Labute approximate surface area is 199 Å². The number of hydrogen-bond donors (Lipinski definition) is 1. The summed E-state index contributed by atoms with van der Waals surface area (Å²) in [7, 11) is 0. The highest BCUT2D eigenvalue weighted by Gasteiger charge is 2.26. The Kier molecular flexibility index (Phi) is 8.83. The van der Waals surface area contributed by atoms with E-state index in [-0.39, 0.29) is 0 Å². The van der Waals surface area contributed by atoms with Crippen molar-refractivity contribution in [1.29, 1.82) is 0 Å². The van der Waals surface area contributed by atoms with Crippen molar-refractivity contribution in [3.8, 4) is 0 Å². The lowest BCUT2D eigenvalue weighted by Gasteiger charge is -2.37. The van der Waals surface area contributed by atoms with Crippen LogP contribution in [0.3, 0.4) is 0 Å². The van der Waals surface area contributed by atoms with Crippen molar-refractivity contribution in [2.45, 2.75) is 40.5 Å². The third kappa shape index (κ3) is 6.39. The second kappa shape index (κ2) is 11.6. The van der Waals surface area contributed by atoms with Crippen LogP contribution >= 0.6 is 11.9 Å². The predicted molar refractivity (Wildman–Crippen MR) is 143 cm³/mol. The fourth-order valence-electron chi connectivity index (χ4n) is 3.95. The van der Waals surface area contributed by atoms with Gasteiger partial charge in [0, 0.05) is 50.3 Å². The molecule has 1 saturated heterocycles. The van der Waals surface area contributed by atoms with Crippen molar-refractivity contribution in [2.24, 2.45) is 10.9 Å². The van der Waals surface area contributed by atoms with E-state index in [1.165, 1.54) is 30.5 Å². The van der Waals surface area contributed by atoms with Crippen LogP contribution in [0, 0.1) is 12.8 Å². The lowest BCUT2D eigenvalue weighted by Crippen LogP contribution is -2.45. The first-order valence-corrected chi connectivity index (χ1v) is 12.5. The third-order valence-electron chi connectivity index (χ3n) is 6.23. The van der Waals surface area contributed by atoms with Gasteiger partial charge in [-0.05, 0) is 87.2 Å². The van der Waals surface area contributed by atoms with Gasteiger partial charge in [0.15, 0.2) is 0 Å². The van der Waals surface area contributed by atoms with Gasteiger partial charge in [0.05, 0.1) is 10.6 Å². The smallest absolute Gasteiger partial charge is 0.0804 e. The summed E-state index contributed by atoms with van der Waals surface area (Å²) < 4.78 is 3.51. The number of piperazine rings is 1. The number of rotatable bonds is 10. The van der Waals surface area contributed by atoms with Crippen LogP contribution in [0.5, 0.6) is 0 Å². The zero-order valence-electron chi connectivity index (χ0n) is 20.2. The molecule has 1 saturated carbocycles. The second-order valence-electron chi connectivity index (χ2n) is 8.69. The van der Waals surface area contributed by atoms with Gasteiger partial charge < -0.3 is 9.62 Å². The number of hydrogen-bond acceptors (Lipinski definition) is 5. The summed E-state index contributed by atoms with van der Waals surface area (Å²) in [4.78, 5) is 10.7. The van der Waals surface area contributed by atoms with Crippen LogP contribution in [-0.2, 0) is 0 Å². The van der Waals surface area contributed by atoms with E-state index in [1.54, 1.807) is 11.9 Å². The third-order valence-corrected chi connectivity index (χ3v) is 7.20. The molecule has 32 heavy (non-hydrogen) atoms. The van der Waals surface area contributed by atoms with E-state index in [0.29, 0.717) is 0 Å². The van der Waals surface area contributed by atoms with Crippen LogP contribution in [0.1, 0.15) is 44.7 Å². The molecule has 2 fully saturated rings. The van der Waals surface area contributed by atoms with Gasteiger partial charge in [-0.15, -0.1) is 0 Å². The number of benzene rings is 1. The van der Waals surface area contributed by atoms with E-state index in [0.717, 1.165) is 59.7 Å². The van der Waals surface area contributed by atoms with E-state index in [2.05, 4.69) is 63.9 Å². The lowest BCUT2D eigenvalue weighted by molar-refractivity contribution is 0.170. The summed E-state index contributed by atoms with van der Waals surface area (Å²) in [5.74, 6) is 0.967. The minimum atomic E-state index is 0.950. The summed E-state index contributed by atoms with van der Waals surface area (Å²) in [6.45, 7) is 22.2. The van der Waals surface area contributed by atoms with Gasteiger partial charge >= 0.3 is 0 Å². The number of nitrogens with zero attached hydrogens (tertiary/aromatic N) is 3. The van der Waals surface area contributed by atoms with Gasteiger partial charge in [-0.25, -0.2) is 0 Å². The van der Waals surface area contributed by atoms with E-state index in [4.69, 9.17) is 0 Å². The Morgan fingerprint density at radius 3 is 2.50 bits per heavy atom. The maximum absolute atomic E-state index is 4.55. The molecule has 1 N–H and O–H groups in total. The fourth-order valence-corrected chi connectivity index (χ4v) is 4.82. The Bertz CT molecular complexity index is 916. The zero-order valence-corrected chi connectivity index (χ0v) is 21.0. The molecule has 1 aliphatic carbocycles. The average molecular weight is 451 g/mol. The SMILES string of the molecule is C=C/C(C)=C(N=CC)\C(=C/C)SNc1ccc(C(=C)N2CCN(CC3CC3)CC2)cc1C. The Morgan fingerprint density at radius 1 is 1.22 bits per heavy atom. The van der Waals surface area contributed by atoms with Crippen molar-refractivity contribution in [3.05, 3.63) is 70.8 Å². The monoisotopic (exact) mass is 450 g/mol.